The third kappa shape index (κ3) is 50.0. The van der Waals surface area contributed by atoms with Crippen LogP contribution in [0.2, 0.25) is 0 Å². The molecule has 1 atom stereocenters. The molecule has 0 amide bonds. The van der Waals surface area contributed by atoms with Crippen LogP contribution in [0.3, 0.4) is 0 Å². The van der Waals surface area contributed by atoms with Gasteiger partial charge in [0.15, 0.2) is 6.10 Å². The molecule has 364 valence electrons. The van der Waals surface area contributed by atoms with E-state index in [4.69, 9.17) is 14.2 Å². The maximum absolute atomic E-state index is 12.8. The minimum Gasteiger partial charge on any atom is -0.462 e. The van der Waals surface area contributed by atoms with Crippen LogP contribution in [0.4, 0.5) is 0 Å². The number of carbonyl (C=O) groups is 3. The molecule has 0 aromatic heterocycles. The van der Waals surface area contributed by atoms with Crippen LogP contribution < -0.4 is 0 Å². The first-order valence-electron chi connectivity index (χ1n) is 26.8. The average molecular weight is 881 g/mol. The van der Waals surface area contributed by atoms with E-state index in [0.717, 1.165) is 109 Å². The van der Waals surface area contributed by atoms with Gasteiger partial charge >= 0.3 is 17.9 Å². The van der Waals surface area contributed by atoms with Gasteiger partial charge in [-0.15, -0.1) is 0 Å². The maximum Gasteiger partial charge on any atom is 0.306 e. The predicted octanol–water partition coefficient (Wildman–Crippen LogP) is 17.6. The van der Waals surface area contributed by atoms with Gasteiger partial charge < -0.3 is 14.2 Å². The molecule has 0 bridgehead atoms. The summed E-state index contributed by atoms with van der Waals surface area (Å²) in [5, 5.41) is 0. The highest BCUT2D eigenvalue weighted by Gasteiger charge is 2.19. The molecule has 0 rings (SSSR count). The Balaban J connectivity index is 4.40. The van der Waals surface area contributed by atoms with Crippen molar-refractivity contribution in [3.63, 3.8) is 0 Å². The molecule has 0 saturated carbocycles. The van der Waals surface area contributed by atoms with Gasteiger partial charge in [0.1, 0.15) is 13.2 Å². The number of unbranched alkanes of at least 4 members (excludes halogenated alkanes) is 27. The summed E-state index contributed by atoms with van der Waals surface area (Å²) in [6.45, 7) is 6.48. The first-order valence-corrected chi connectivity index (χ1v) is 26.8. The normalized spacial score (nSPS) is 12.5. The Morgan fingerprint density at radius 2 is 0.619 bits per heavy atom. The van der Waals surface area contributed by atoms with Crippen molar-refractivity contribution >= 4 is 17.9 Å². The van der Waals surface area contributed by atoms with E-state index in [1.165, 1.54) is 116 Å². The number of hydrogen-bond acceptors (Lipinski definition) is 6. The fourth-order valence-corrected chi connectivity index (χ4v) is 7.49. The molecule has 0 saturated heterocycles. The van der Waals surface area contributed by atoms with Crippen LogP contribution in [0, 0.1) is 0 Å². The van der Waals surface area contributed by atoms with Crippen molar-refractivity contribution in [2.75, 3.05) is 13.2 Å². The third-order valence-electron chi connectivity index (χ3n) is 11.5. The van der Waals surface area contributed by atoms with E-state index in [1.807, 2.05) is 0 Å². The Hall–Kier alpha value is -2.89. The number of allylic oxidation sites excluding steroid dienone is 10. The van der Waals surface area contributed by atoms with Crippen molar-refractivity contribution in [2.45, 2.75) is 271 Å². The van der Waals surface area contributed by atoms with E-state index in [0.29, 0.717) is 19.3 Å². The van der Waals surface area contributed by atoms with E-state index in [9.17, 15) is 14.4 Å². The van der Waals surface area contributed by atoms with Gasteiger partial charge in [0, 0.05) is 19.3 Å². The Labute approximate surface area is 390 Å². The summed E-state index contributed by atoms with van der Waals surface area (Å²) in [5.41, 5.74) is 0. The molecule has 0 aromatic carbocycles. The van der Waals surface area contributed by atoms with Gasteiger partial charge in [-0.05, 0) is 83.5 Å². The zero-order valence-electron chi connectivity index (χ0n) is 41.6. The third-order valence-corrected chi connectivity index (χ3v) is 11.5. The fraction of sp³-hybridized carbons (Fsp3) is 0.772. The summed E-state index contributed by atoms with van der Waals surface area (Å²) in [4.78, 5) is 38.0. The van der Waals surface area contributed by atoms with Crippen molar-refractivity contribution in [2.24, 2.45) is 0 Å². The highest BCUT2D eigenvalue weighted by atomic mass is 16.6. The molecule has 0 spiro atoms. The Morgan fingerprint density at radius 1 is 0.333 bits per heavy atom. The quantitative estimate of drug-likeness (QED) is 0.0262. The van der Waals surface area contributed by atoms with Crippen LogP contribution in [0.1, 0.15) is 265 Å². The molecule has 1 unspecified atom stereocenters. The van der Waals surface area contributed by atoms with E-state index in [1.54, 1.807) is 0 Å². The smallest absolute Gasteiger partial charge is 0.306 e. The van der Waals surface area contributed by atoms with Crippen molar-refractivity contribution < 1.29 is 28.6 Å². The van der Waals surface area contributed by atoms with Crippen LogP contribution in [-0.4, -0.2) is 37.2 Å². The SMILES string of the molecule is CC/C=C\C/C=C\C/C=C\CCCCCC(=O)OCC(COC(=O)CCCCCCCCCCCCCCCCCCC)OC(=O)CCCCCCC/C=C\C/C=C\CCCCC. The summed E-state index contributed by atoms with van der Waals surface area (Å²) in [5.74, 6) is -0.925. The summed E-state index contributed by atoms with van der Waals surface area (Å²) >= 11 is 0. The number of hydrogen-bond donors (Lipinski definition) is 0. The lowest BCUT2D eigenvalue weighted by Gasteiger charge is -2.18. The predicted molar refractivity (Wildman–Crippen MR) is 270 cm³/mol. The lowest BCUT2D eigenvalue weighted by Crippen LogP contribution is -2.30. The van der Waals surface area contributed by atoms with Crippen molar-refractivity contribution in [3.05, 3.63) is 60.8 Å². The second-order valence-electron chi connectivity index (χ2n) is 17.8. The Kier molecular flexibility index (Phi) is 49.4. The van der Waals surface area contributed by atoms with Gasteiger partial charge in [-0.2, -0.15) is 0 Å². The second-order valence-corrected chi connectivity index (χ2v) is 17.8. The molecular weight excluding hydrogens is 781 g/mol. The lowest BCUT2D eigenvalue weighted by molar-refractivity contribution is -0.167. The van der Waals surface area contributed by atoms with Gasteiger partial charge in [0.05, 0.1) is 0 Å². The first-order chi connectivity index (χ1) is 31.0. The van der Waals surface area contributed by atoms with Crippen LogP contribution in [0.5, 0.6) is 0 Å². The summed E-state index contributed by atoms with van der Waals surface area (Å²) < 4.78 is 16.8. The molecule has 0 aliphatic rings. The van der Waals surface area contributed by atoms with Gasteiger partial charge in [-0.1, -0.05) is 223 Å². The molecular formula is C57H100O6. The van der Waals surface area contributed by atoms with Gasteiger partial charge in [-0.25, -0.2) is 0 Å². The number of esters is 3. The molecule has 0 aliphatic heterocycles. The summed E-state index contributed by atoms with van der Waals surface area (Å²) in [6, 6.07) is 0. The van der Waals surface area contributed by atoms with Crippen molar-refractivity contribution in [1.29, 1.82) is 0 Å². The lowest BCUT2D eigenvalue weighted by atomic mass is 10.0. The number of ether oxygens (including phenoxy) is 3. The second kappa shape index (κ2) is 51.7. The van der Waals surface area contributed by atoms with E-state index < -0.39 is 6.10 Å². The standard InChI is InChI=1S/C57H100O6/c1-4-7-10-13-16-19-22-25-27-28-30-32-35-38-41-44-47-50-56(59)62-53-54(52-61-55(58)49-46-43-40-37-34-31-24-21-18-15-12-9-6-3)63-57(60)51-48-45-42-39-36-33-29-26-23-20-17-14-11-8-5-2/h9,12,17-18,20-21,26,29,31,34,54H,4-8,10-11,13-16,19,22-25,27-28,30,32-33,35-53H2,1-3H3/b12-9-,20-17-,21-18-,29-26-,34-31-. The molecule has 0 aliphatic carbocycles. The topological polar surface area (TPSA) is 78.9 Å². The molecule has 0 fully saturated rings. The largest absolute Gasteiger partial charge is 0.462 e. The van der Waals surface area contributed by atoms with E-state index in [-0.39, 0.29) is 31.1 Å². The van der Waals surface area contributed by atoms with E-state index >= 15 is 0 Å². The summed E-state index contributed by atoms with van der Waals surface area (Å²) in [7, 11) is 0. The molecule has 63 heavy (non-hydrogen) atoms. The minimum absolute atomic E-state index is 0.0874. The minimum atomic E-state index is -0.791. The molecule has 0 heterocycles. The van der Waals surface area contributed by atoms with Gasteiger partial charge in [0.2, 0.25) is 0 Å². The van der Waals surface area contributed by atoms with Crippen LogP contribution in [0.25, 0.3) is 0 Å². The van der Waals surface area contributed by atoms with Gasteiger partial charge in [0.25, 0.3) is 0 Å². The fourth-order valence-electron chi connectivity index (χ4n) is 7.49. The average Bonchev–Trinajstić information content (AvgIpc) is 3.28. The molecule has 0 radical (unpaired) electrons. The maximum atomic E-state index is 12.8. The van der Waals surface area contributed by atoms with Crippen LogP contribution in [-0.2, 0) is 28.6 Å². The van der Waals surface area contributed by atoms with Crippen LogP contribution >= 0.6 is 0 Å². The van der Waals surface area contributed by atoms with Crippen molar-refractivity contribution in [1.82, 2.24) is 0 Å². The first kappa shape index (κ1) is 60.1. The zero-order chi connectivity index (χ0) is 45.8. The van der Waals surface area contributed by atoms with Crippen molar-refractivity contribution in [3.8, 4) is 0 Å². The summed E-state index contributed by atoms with van der Waals surface area (Å²) in [6.07, 6.45) is 63.5. The number of rotatable bonds is 48. The van der Waals surface area contributed by atoms with Crippen LogP contribution in [0.15, 0.2) is 60.8 Å². The monoisotopic (exact) mass is 881 g/mol. The number of carbonyl (C=O) groups excluding carboxylic acids is 3. The molecule has 0 aromatic rings. The zero-order valence-corrected chi connectivity index (χ0v) is 41.6. The Bertz CT molecular complexity index is 1150. The Morgan fingerprint density at radius 3 is 1.02 bits per heavy atom. The molecule has 0 N–H and O–H groups in total. The highest BCUT2D eigenvalue weighted by Crippen LogP contribution is 2.16. The van der Waals surface area contributed by atoms with E-state index in [2.05, 4.69) is 81.5 Å². The van der Waals surface area contributed by atoms with Gasteiger partial charge in [-0.3, -0.25) is 14.4 Å². The highest BCUT2D eigenvalue weighted by molar-refractivity contribution is 5.71. The molecule has 6 nitrogen and oxygen atoms in total. The molecule has 6 heteroatoms.